The highest BCUT2D eigenvalue weighted by Crippen LogP contribution is 2.20. The van der Waals surface area contributed by atoms with Crippen molar-refractivity contribution in [1.29, 1.82) is 0 Å². The van der Waals surface area contributed by atoms with Gasteiger partial charge in [-0.15, -0.1) is 0 Å². The maximum Gasteiger partial charge on any atom is 0.0303 e. The van der Waals surface area contributed by atoms with Crippen LogP contribution in [0.4, 0.5) is 0 Å². The van der Waals surface area contributed by atoms with Crippen molar-refractivity contribution in [3.63, 3.8) is 0 Å². The standard InChI is InChI=1S/C14H25NS/c1-2-3-4-5-6-7-8-9-14(15)13-10-11-16-12-13/h10-12,14H,2-9,15H2,1H3. The SMILES string of the molecule is CCCCCCCCCC(N)c1ccsc1. The van der Waals surface area contributed by atoms with E-state index in [1.54, 1.807) is 11.3 Å². The van der Waals surface area contributed by atoms with Gasteiger partial charge in [0.15, 0.2) is 0 Å². The molecule has 1 rings (SSSR count). The number of nitrogens with two attached hydrogens (primary N) is 1. The molecular formula is C14H25NS. The lowest BCUT2D eigenvalue weighted by Crippen LogP contribution is -2.08. The third kappa shape index (κ3) is 5.66. The van der Waals surface area contributed by atoms with Gasteiger partial charge < -0.3 is 5.73 Å². The van der Waals surface area contributed by atoms with E-state index in [9.17, 15) is 0 Å². The Kier molecular flexibility index (Phi) is 7.52. The maximum atomic E-state index is 6.11. The Morgan fingerprint density at radius 3 is 2.44 bits per heavy atom. The Labute approximate surface area is 104 Å². The average Bonchev–Trinajstić information content (AvgIpc) is 2.81. The first kappa shape index (κ1) is 13.7. The van der Waals surface area contributed by atoms with Crippen molar-refractivity contribution in [3.05, 3.63) is 22.4 Å². The second-order valence-electron chi connectivity index (χ2n) is 4.57. The van der Waals surface area contributed by atoms with Gasteiger partial charge in [0.1, 0.15) is 0 Å². The molecule has 0 aliphatic rings. The molecule has 92 valence electrons. The zero-order chi connectivity index (χ0) is 11.6. The van der Waals surface area contributed by atoms with Gasteiger partial charge in [-0.1, -0.05) is 51.9 Å². The van der Waals surface area contributed by atoms with E-state index in [1.165, 1.54) is 50.5 Å². The zero-order valence-corrected chi connectivity index (χ0v) is 11.3. The van der Waals surface area contributed by atoms with Gasteiger partial charge in [-0.2, -0.15) is 11.3 Å². The van der Waals surface area contributed by atoms with Crippen LogP contribution in [0.25, 0.3) is 0 Å². The minimum Gasteiger partial charge on any atom is -0.324 e. The number of unbranched alkanes of at least 4 members (excludes halogenated alkanes) is 6. The summed E-state index contributed by atoms with van der Waals surface area (Å²) in [4.78, 5) is 0. The van der Waals surface area contributed by atoms with E-state index >= 15 is 0 Å². The van der Waals surface area contributed by atoms with Gasteiger partial charge >= 0.3 is 0 Å². The molecule has 2 heteroatoms. The predicted octanol–water partition coefficient (Wildman–Crippen LogP) is 4.89. The van der Waals surface area contributed by atoms with Crippen LogP contribution in [-0.2, 0) is 0 Å². The molecule has 0 saturated heterocycles. The fourth-order valence-electron chi connectivity index (χ4n) is 1.97. The van der Waals surface area contributed by atoms with Crippen LogP contribution in [0, 0.1) is 0 Å². The molecule has 0 aliphatic heterocycles. The predicted molar refractivity (Wildman–Crippen MR) is 73.9 cm³/mol. The highest BCUT2D eigenvalue weighted by atomic mass is 32.1. The van der Waals surface area contributed by atoms with Gasteiger partial charge in [-0.05, 0) is 28.8 Å². The molecule has 1 atom stereocenters. The minimum absolute atomic E-state index is 0.266. The van der Waals surface area contributed by atoms with E-state index in [0.717, 1.165) is 6.42 Å². The first-order valence-corrected chi connectivity index (χ1v) is 7.56. The summed E-state index contributed by atoms with van der Waals surface area (Å²) in [5.41, 5.74) is 7.42. The molecule has 0 aliphatic carbocycles. The number of rotatable bonds is 9. The fraction of sp³-hybridized carbons (Fsp3) is 0.714. The minimum atomic E-state index is 0.266. The summed E-state index contributed by atoms with van der Waals surface area (Å²) >= 11 is 1.74. The molecule has 1 unspecified atom stereocenters. The normalized spacial score (nSPS) is 12.9. The van der Waals surface area contributed by atoms with Crippen LogP contribution in [0.5, 0.6) is 0 Å². The van der Waals surface area contributed by atoms with Gasteiger partial charge in [-0.25, -0.2) is 0 Å². The van der Waals surface area contributed by atoms with E-state index in [0.29, 0.717) is 0 Å². The third-order valence-electron chi connectivity index (χ3n) is 3.09. The van der Waals surface area contributed by atoms with Gasteiger partial charge in [-0.3, -0.25) is 0 Å². The van der Waals surface area contributed by atoms with Crippen LogP contribution in [0.15, 0.2) is 16.8 Å². The molecule has 0 amide bonds. The Morgan fingerprint density at radius 2 is 1.81 bits per heavy atom. The van der Waals surface area contributed by atoms with Gasteiger partial charge in [0.25, 0.3) is 0 Å². The fourth-order valence-corrected chi connectivity index (χ4v) is 2.70. The highest BCUT2D eigenvalue weighted by Gasteiger charge is 2.05. The summed E-state index contributed by atoms with van der Waals surface area (Å²) in [6, 6.07) is 2.42. The van der Waals surface area contributed by atoms with E-state index in [4.69, 9.17) is 5.73 Å². The molecule has 0 radical (unpaired) electrons. The zero-order valence-electron chi connectivity index (χ0n) is 10.5. The van der Waals surface area contributed by atoms with E-state index in [-0.39, 0.29) is 6.04 Å². The molecule has 0 saturated carbocycles. The van der Waals surface area contributed by atoms with Crippen molar-refractivity contribution >= 4 is 11.3 Å². The van der Waals surface area contributed by atoms with Crippen molar-refractivity contribution in [2.24, 2.45) is 5.73 Å². The Hall–Kier alpha value is -0.340. The lowest BCUT2D eigenvalue weighted by Gasteiger charge is -2.09. The van der Waals surface area contributed by atoms with Crippen LogP contribution in [0.3, 0.4) is 0 Å². The molecule has 1 heterocycles. The van der Waals surface area contributed by atoms with Crippen molar-refractivity contribution < 1.29 is 0 Å². The van der Waals surface area contributed by atoms with E-state index in [1.807, 2.05) is 0 Å². The van der Waals surface area contributed by atoms with Crippen LogP contribution in [0.2, 0.25) is 0 Å². The molecule has 2 N–H and O–H groups in total. The van der Waals surface area contributed by atoms with Crippen LogP contribution >= 0.6 is 11.3 Å². The van der Waals surface area contributed by atoms with E-state index in [2.05, 4.69) is 23.8 Å². The molecule has 0 spiro atoms. The molecule has 1 aromatic rings. The van der Waals surface area contributed by atoms with Gasteiger partial charge in [0.2, 0.25) is 0 Å². The molecule has 16 heavy (non-hydrogen) atoms. The molecule has 0 aromatic carbocycles. The number of hydrogen-bond acceptors (Lipinski definition) is 2. The Bertz CT molecular complexity index is 243. The first-order chi connectivity index (χ1) is 7.84. The topological polar surface area (TPSA) is 26.0 Å². The van der Waals surface area contributed by atoms with Gasteiger partial charge in [0.05, 0.1) is 0 Å². The number of thiophene rings is 1. The monoisotopic (exact) mass is 239 g/mol. The lowest BCUT2D eigenvalue weighted by atomic mass is 10.0. The summed E-state index contributed by atoms with van der Waals surface area (Å²) in [6.45, 7) is 2.26. The first-order valence-electron chi connectivity index (χ1n) is 6.62. The molecule has 1 aromatic heterocycles. The van der Waals surface area contributed by atoms with Crippen LogP contribution < -0.4 is 5.73 Å². The molecule has 0 fully saturated rings. The lowest BCUT2D eigenvalue weighted by molar-refractivity contribution is 0.541. The Morgan fingerprint density at radius 1 is 1.12 bits per heavy atom. The van der Waals surface area contributed by atoms with Crippen molar-refractivity contribution in [2.45, 2.75) is 64.3 Å². The largest absolute Gasteiger partial charge is 0.324 e. The third-order valence-corrected chi connectivity index (χ3v) is 3.79. The maximum absolute atomic E-state index is 6.11. The van der Waals surface area contributed by atoms with Crippen LogP contribution in [-0.4, -0.2) is 0 Å². The second kappa shape index (κ2) is 8.77. The van der Waals surface area contributed by atoms with Crippen molar-refractivity contribution in [1.82, 2.24) is 0 Å². The van der Waals surface area contributed by atoms with Crippen molar-refractivity contribution in [3.8, 4) is 0 Å². The summed E-state index contributed by atoms with van der Waals surface area (Å²) in [6.07, 6.45) is 10.7. The van der Waals surface area contributed by atoms with E-state index < -0.39 is 0 Å². The van der Waals surface area contributed by atoms with Crippen molar-refractivity contribution in [2.75, 3.05) is 0 Å². The molecule has 0 bridgehead atoms. The van der Waals surface area contributed by atoms with Gasteiger partial charge in [0, 0.05) is 6.04 Å². The smallest absolute Gasteiger partial charge is 0.0303 e. The second-order valence-corrected chi connectivity index (χ2v) is 5.35. The molecular weight excluding hydrogens is 214 g/mol. The molecule has 1 nitrogen and oxygen atoms in total. The Balaban J connectivity index is 1.95. The number of hydrogen-bond donors (Lipinski definition) is 1. The average molecular weight is 239 g/mol. The summed E-state index contributed by atoms with van der Waals surface area (Å²) in [7, 11) is 0. The summed E-state index contributed by atoms with van der Waals surface area (Å²) in [5, 5.41) is 4.28. The summed E-state index contributed by atoms with van der Waals surface area (Å²) < 4.78 is 0. The quantitative estimate of drug-likeness (QED) is 0.610. The summed E-state index contributed by atoms with van der Waals surface area (Å²) in [5.74, 6) is 0. The van der Waals surface area contributed by atoms with Crippen LogP contribution in [0.1, 0.15) is 69.9 Å². The highest BCUT2D eigenvalue weighted by molar-refractivity contribution is 7.07.